The number of fused-ring (bicyclic) bond motifs is 1. The molecule has 5 nitrogen and oxygen atoms in total. The molecule has 0 unspecified atom stereocenters. The van der Waals surface area contributed by atoms with Crippen molar-refractivity contribution in [2.45, 2.75) is 46.2 Å². The zero-order valence-electron chi connectivity index (χ0n) is 17.2. The highest BCUT2D eigenvalue weighted by Crippen LogP contribution is 2.32. The van der Waals surface area contributed by atoms with Crippen molar-refractivity contribution in [3.8, 4) is 11.5 Å². The summed E-state index contributed by atoms with van der Waals surface area (Å²) in [6, 6.07) is 14.8. The van der Waals surface area contributed by atoms with Crippen molar-refractivity contribution in [3.63, 3.8) is 0 Å². The van der Waals surface area contributed by atoms with E-state index in [-0.39, 0.29) is 18.7 Å². The molecule has 1 heterocycles. The molecule has 0 spiro atoms. The summed E-state index contributed by atoms with van der Waals surface area (Å²) in [5.41, 5.74) is 3.61. The molecular weight excluding hydrogens is 352 g/mol. The van der Waals surface area contributed by atoms with Crippen molar-refractivity contribution in [3.05, 3.63) is 59.2 Å². The first-order valence-electron chi connectivity index (χ1n) is 10.0. The largest absolute Gasteiger partial charge is 0.454 e. The molecule has 3 rings (SSSR count). The SMILES string of the molecule is CC(C)c1ccc([C@H]([NH2+]CC(=O)NCc2ccc3c(c2)OCO3)C(C)C)cc1. The normalized spacial score (nSPS) is 13.8. The van der Waals surface area contributed by atoms with Gasteiger partial charge in [0, 0.05) is 18.0 Å². The molecule has 0 radical (unpaired) electrons. The van der Waals surface area contributed by atoms with Crippen LogP contribution in [0.15, 0.2) is 42.5 Å². The van der Waals surface area contributed by atoms with Crippen LogP contribution < -0.4 is 20.1 Å². The zero-order chi connectivity index (χ0) is 20.1. The Hall–Kier alpha value is -2.53. The van der Waals surface area contributed by atoms with Gasteiger partial charge in [0.05, 0.1) is 0 Å². The van der Waals surface area contributed by atoms with Gasteiger partial charge in [-0.3, -0.25) is 4.79 Å². The molecule has 2 aromatic carbocycles. The second kappa shape index (κ2) is 9.11. The highest BCUT2D eigenvalue weighted by molar-refractivity contribution is 5.76. The number of amides is 1. The lowest BCUT2D eigenvalue weighted by molar-refractivity contribution is -0.692. The molecule has 3 N–H and O–H groups in total. The van der Waals surface area contributed by atoms with Gasteiger partial charge < -0.3 is 20.1 Å². The van der Waals surface area contributed by atoms with Crippen molar-refractivity contribution < 1.29 is 19.6 Å². The fourth-order valence-corrected chi connectivity index (χ4v) is 3.45. The zero-order valence-corrected chi connectivity index (χ0v) is 17.2. The van der Waals surface area contributed by atoms with Gasteiger partial charge in [-0.1, -0.05) is 58.0 Å². The van der Waals surface area contributed by atoms with Gasteiger partial charge in [-0.25, -0.2) is 0 Å². The molecule has 0 fully saturated rings. The Morgan fingerprint density at radius 1 is 1.00 bits per heavy atom. The third-order valence-electron chi connectivity index (χ3n) is 5.19. The molecule has 0 aromatic heterocycles. The molecule has 0 bridgehead atoms. The predicted molar refractivity (Wildman–Crippen MR) is 109 cm³/mol. The van der Waals surface area contributed by atoms with E-state index < -0.39 is 0 Å². The Balaban J connectivity index is 1.52. The maximum Gasteiger partial charge on any atom is 0.275 e. The molecule has 0 aliphatic carbocycles. The Labute approximate surface area is 167 Å². The maximum atomic E-state index is 12.4. The number of ether oxygens (including phenoxy) is 2. The number of nitrogens with one attached hydrogen (secondary N) is 1. The van der Waals surface area contributed by atoms with Gasteiger partial charge in [0.1, 0.15) is 6.04 Å². The minimum absolute atomic E-state index is 0.0297. The van der Waals surface area contributed by atoms with E-state index in [0.29, 0.717) is 24.9 Å². The number of hydrogen-bond acceptors (Lipinski definition) is 3. The Morgan fingerprint density at radius 2 is 1.68 bits per heavy atom. The summed E-state index contributed by atoms with van der Waals surface area (Å²) in [5, 5.41) is 5.12. The van der Waals surface area contributed by atoms with Gasteiger partial charge in [0.15, 0.2) is 18.0 Å². The van der Waals surface area contributed by atoms with E-state index in [4.69, 9.17) is 9.47 Å². The topological polar surface area (TPSA) is 64.2 Å². The van der Waals surface area contributed by atoms with Crippen LogP contribution in [0.3, 0.4) is 0 Å². The molecule has 150 valence electrons. The van der Waals surface area contributed by atoms with Crippen LogP contribution in [0.1, 0.15) is 56.3 Å². The first kappa shape index (κ1) is 20.2. The summed E-state index contributed by atoms with van der Waals surface area (Å²) in [7, 11) is 0. The molecule has 28 heavy (non-hydrogen) atoms. The lowest BCUT2D eigenvalue weighted by Gasteiger charge is -2.20. The van der Waals surface area contributed by atoms with Crippen LogP contribution in [0.5, 0.6) is 11.5 Å². The second-order valence-electron chi connectivity index (χ2n) is 8.00. The molecule has 0 saturated heterocycles. The number of rotatable bonds is 8. The first-order valence-corrected chi connectivity index (χ1v) is 10.0. The first-order chi connectivity index (χ1) is 13.4. The lowest BCUT2D eigenvalue weighted by atomic mass is 9.93. The minimum atomic E-state index is 0.0297. The van der Waals surface area contributed by atoms with Crippen LogP contribution in [0.25, 0.3) is 0 Å². The van der Waals surface area contributed by atoms with Crippen molar-refractivity contribution >= 4 is 5.91 Å². The number of nitrogens with two attached hydrogens (primary N) is 1. The Morgan fingerprint density at radius 3 is 2.36 bits per heavy atom. The van der Waals surface area contributed by atoms with Gasteiger partial charge in [0.2, 0.25) is 6.79 Å². The number of quaternary nitrogens is 1. The molecule has 0 saturated carbocycles. The van der Waals surface area contributed by atoms with Crippen LogP contribution in [0.2, 0.25) is 0 Å². The van der Waals surface area contributed by atoms with Crippen molar-refractivity contribution in [1.82, 2.24) is 5.32 Å². The van der Waals surface area contributed by atoms with Gasteiger partial charge in [-0.2, -0.15) is 0 Å². The molecule has 5 heteroatoms. The molecule has 2 aromatic rings. The van der Waals surface area contributed by atoms with E-state index in [0.717, 1.165) is 17.1 Å². The standard InChI is InChI=1S/C23H30N2O3/c1-15(2)18-6-8-19(9-7-18)23(16(3)4)25-13-22(26)24-12-17-5-10-20-21(11-17)28-14-27-20/h5-11,15-16,23,25H,12-14H2,1-4H3,(H,24,26)/p+1/t23-/m1/s1. The van der Waals surface area contributed by atoms with Gasteiger partial charge in [-0.05, 0) is 29.2 Å². The number of hydrogen-bond donors (Lipinski definition) is 2. The van der Waals surface area contributed by atoms with Crippen molar-refractivity contribution in [1.29, 1.82) is 0 Å². The third kappa shape index (κ3) is 5.04. The van der Waals surface area contributed by atoms with E-state index in [2.05, 4.69) is 62.6 Å². The van der Waals surface area contributed by atoms with Gasteiger partial charge >= 0.3 is 0 Å². The van der Waals surface area contributed by atoms with E-state index in [1.54, 1.807) is 0 Å². The van der Waals surface area contributed by atoms with Crippen LogP contribution >= 0.6 is 0 Å². The summed E-state index contributed by atoms with van der Waals surface area (Å²) in [6.45, 7) is 9.94. The highest BCUT2D eigenvalue weighted by Gasteiger charge is 2.21. The molecule has 1 atom stereocenters. The second-order valence-corrected chi connectivity index (χ2v) is 8.00. The van der Waals surface area contributed by atoms with Crippen molar-refractivity contribution in [2.75, 3.05) is 13.3 Å². The quantitative estimate of drug-likeness (QED) is 0.736. The summed E-state index contributed by atoms with van der Waals surface area (Å²) in [6.07, 6.45) is 0. The Bertz CT molecular complexity index is 800. The van der Waals surface area contributed by atoms with Crippen molar-refractivity contribution in [2.24, 2.45) is 5.92 Å². The smallest absolute Gasteiger partial charge is 0.275 e. The van der Waals surface area contributed by atoms with Gasteiger partial charge in [0.25, 0.3) is 5.91 Å². The number of benzene rings is 2. The monoisotopic (exact) mass is 383 g/mol. The third-order valence-corrected chi connectivity index (χ3v) is 5.19. The fraction of sp³-hybridized carbons (Fsp3) is 0.435. The number of carbonyl (C=O) groups excluding carboxylic acids is 1. The van der Waals surface area contributed by atoms with Gasteiger partial charge in [-0.15, -0.1) is 0 Å². The average Bonchev–Trinajstić information content (AvgIpc) is 3.14. The molecular formula is C23H31N2O3+. The number of carbonyl (C=O) groups is 1. The average molecular weight is 384 g/mol. The van der Waals surface area contributed by atoms with Crippen LogP contribution in [-0.4, -0.2) is 19.2 Å². The highest BCUT2D eigenvalue weighted by atomic mass is 16.7. The van der Waals surface area contributed by atoms with E-state index in [1.165, 1.54) is 11.1 Å². The van der Waals surface area contributed by atoms with Crippen LogP contribution in [0, 0.1) is 5.92 Å². The summed E-state index contributed by atoms with van der Waals surface area (Å²) in [5.74, 6) is 2.49. The summed E-state index contributed by atoms with van der Waals surface area (Å²) < 4.78 is 10.7. The molecule has 1 aliphatic rings. The van der Waals surface area contributed by atoms with E-state index in [9.17, 15) is 4.79 Å². The summed E-state index contributed by atoms with van der Waals surface area (Å²) >= 11 is 0. The lowest BCUT2D eigenvalue weighted by Crippen LogP contribution is -2.88. The van der Waals surface area contributed by atoms with E-state index in [1.807, 2.05) is 18.2 Å². The summed E-state index contributed by atoms with van der Waals surface area (Å²) in [4.78, 5) is 12.4. The molecule has 1 aliphatic heterocycles. The van der Waals surface area contributed by atoms with Crippen LogP contribution in [-0.2, 0) is 11.3 Å². The van der Waals surface area contributed by atoms with E-state index >= 15 is 0 Å². The maximum absolute atomic E-state index is 12.4. The Kier molecular flexibility index (Phi) is 6.57. The minimum Gasteiger partial charge on any atom is -0.454 e. The fourth-order valence-electron chi connectivity index (χ4n) is 3.45. The molecule has 1 amide bonds. The van der Waals surface area contributed by atoms with Crippen LogP contribution in [0.4, 0.5) is 0 Å². The predicted octanol–water partition coefficient (Wildman–Crippen LogP) is 3.12.